The molecule has 1 heterocycles. The Labute approximate surface area is 155 Å². The quantitative estimate of drug-likeness (QED) is 0.618. The van der Waals surface area contributed by atoms with Gasteiger partial charge in [-0.15, -0.1) is 0 Å². The maximum absolute atomic E-state index is 14.1. The summed E-state index contributed by atoms with van der Waals surface area (Å²) in [5, 5.41) is 0. The van der Waals surface area contributed by atoms with E-state index in [0.29, 0.717) is 25.9 Å². The van der Waals surface area contributed by atoms with Crippen LogP contribution in [0.5, 0.6) is 5.75 Å². The molecule has 1 aliphatic rings. The number of halogens is 1. The number of benzene rings is 2. The Kier molecular flexibility index (Phi) is 5.24. The van der Waals surface area contributed by atoms with Gasteiger partial charge in [-0.05, 0) is 49.2 Å². The summed E-state index contributed by atoms with van der Waals surface area (Å²) in [4.78, 5) is 23.0. The van der Waals surface area contributed by atoms with E-state index in [1.807, 2.05) is 0 Å². The standard InChI is InChI=1S/C18H17FN2O5S/c19-15-7-6-13(11-16(15)27(24,25)21-8-1-2-9-21)18(23)26-14-5-3-4-12(10-14)17(20)22/h3-7,10-11H,1-2,8-9H2,(H2,20,22). The molecule has 0 spiro atoms. The molecule has 9 heteroatoms. The van der Waals surface area contributed by atoms with Gasteiger partial charge >= 0.3 is 5.97 Å². The number of esters is 1. The Balaban J connectivity index is 1.88. The molecular formula is C18H17FN2O5S. The van der Waals surface area contributed by atoms with Crippen LogP contribution >= 0.6 is 0 Å². The lowest BCUT2D eigenvalue weighted by Gasteiger charge is -2.16. The zero-order chi connectivity index (χ0) is 19.6. The van der Waals surface area contributed by atoms with Gasteiger partial charge in [0.05, 0.1) is 5.56 Å². The van der Waals surface area contributed by atoms with Crippen LogP contribution in [0.1, 0.15) is 33.6 Å². The van der Waals surface area contributed by atoms with Gasteiger partial charge in [0.2, 0.25) is 15.9 Å². The summed E-state index contributed by atoms with van der Waals surface area (Å²) in [6, 6.07) is 8.68. The van der Waals surface area contributed by atoms with E-state index in [9.17, 15) is 22.4 Å². The van der Waals surface area contributed by atoms with Gasteiger partial charge in [0.15, 0.2) is 0 Å². The lowest BCUT2D eigenvalue weighted by molar-refractivity contribution is 0.0733. The Hall–Kier alpha value is -2.78. The molecule has 1 saturated heterocycles. The van der Waals surface area contributed by atoms with E-state index in [1.54, 1.807) is 0 Å². The van der Waals surface area contributed by atoms with E-state index in [2.05, 4.69) is 0 Å². The Morgan fingerprint density at radius 1 is 1.04 bits per heavy atom. The van der Waals surface area contributed by atoms with E-state index in [-0.39, 0.29) is 16.9 Å². The zero-order valence-corrected chi connectivity index (χ0v) is 15.0. The van der Waals surface area contributed by atoms with Crippen molar-refractivity contribution < 1.29 is 27.1 Å². The molecule has 0 bridgehead atoms. The fourth-order valence-corrected chi connectivity index (χ4v) is 4.38. The Morgan fingerprint density at radius 3 is 2.41 bits per heavy atom. The summed E-state index contributed by atoms with van der Waals surface area (Å²) >= 11 is 0. The predicted octanol–water partition coefficient (Wildman–Crippen LogP) is 1.93. The number of amides is 1. The smallest absolute Gasteiger partial charge is 0.343 e. The Bertz CT molecular complexity index is 1000. The SMILES string of the molecule is NC(=O)c1cccc(OC(=O)c2ccc(F)c(S(=O)(=O)N3CCCC3)c2)c1. The molecule has 7 nitrogen and oxygen atoms in total. The number of nitrogens with zero attached hydrogens (tertiary/aromatic N) is 1. The largest absolute Gasteiger partial charge is 0.423 e. The topological polar surface area (TPSA) is 107 Å². The molecule has 1 amide bonds. The van der Waals surface area contributed by atoms with Crippen molar-refractivity contribution in [2.24, 2.45) is 5.73 Å². The molecule has 0 aliphatic carbocycles. The van der Waals surface area contributed by atoms with Crippen molar-refractivity contribution >= 4 is 21.9 Å². The maximum atomic E-state index is 14.1. The molecule has 1 fully saturated rings. The van der Waals surface area contributed by atoms with Gasteiger partial charge in [-0.2, -0.15) is 4.31 Å². The summed E-state index contributed by atoms with van der Waals surface area (Å²) in [7, 11) is -4.03. The van der Waals surface area contributed by atoms with E-state index in [0.717, 1.165) is 18.2 Å². The molecule has 0 atom stereocenters. The van der Waals surface area contributed by atoms with Crippen LogP contribution in [0, 0.1) is 5.82 Å². The zero-order valence-electron chi connectivity index (χ0n) is 14.2. The minimum atomic E-state index is -4.03. The minimum absolute atomic E-state index is 0.0598. The first kappa shape index (κ1) is 19.0. The molecule has 0 aromatic heterocycles. The summed E-state index contributed by atoms with van der Waals surface area (Å²) in [5.74, 6) is -2.44. The first-order valence-electron chi connectivity index (χ1n) is 8.21. The predicted molar refractivity (Wildman–Crippen MR) is 94.3 cm³/mol. The molecule has 0 unspecified atom stereocenters. The van der Waals surface area contributed by atoms with Crippen LogP contribution in [-0.4, -0.2) is 37.7 Å². The van der Waals surface area contributed by atoms with Gasteiger partial charge in [-0.25, -0.2) is 17.6 Å². The highest BCUT2D eigenvalue weighted by atomic mass is 32.2. The summed E-state index contributed by atoms with van der Waals surface area (Å²) in [6.07, 6.45) is 1.41. The van der Waals surface area contributed by atoms with Crippen molar-refractivity contribution in [2.75, 3.05) is 13.1 Å². The van der Waals surface area contributed by atoms with Gasteiger partial charge < -0.3 is 10.5 Å². The van der Waals surface area contributed by atoms with Crippen molar-refractivity contribution in [3.63, 3.8) is 0 Å². The fraction of sp³-hybridized carbons (Fsp3) is 0.222. The van der Waals surface area contributed by atoms with Crippen LogP contribution in [0.2, 0.25) is 0 Å². The van der Waals surface area contributed by atoms with Crippen molar-refractivity contribution in [1.82, 2.24) is 4.31 Å². The highest BCUT2D eigenvalue weighted by Gasteiger charge is 2.30. The number of sulfonamides is 1. The maximum Gasteiger partial charge on any atom is 0.343 e. The third-order valence-corrected chi connectivity index (χ3v) is 6.09. The van der Waals surface area contributed by atoms with Crippen LogP contribution in [0.3, 0.4) is 0 Å². The van der Waals surface area contributed by atoms with Crippen LogP contribution in [0.4, 0.5) is 4.39 Å². The lowest BCUT2D eigenvalue weighted by atomic mass is 10.2. The molecule has 0 radical (unpaired) electrons. The van der Waals surface area contributed by atoms with Crippen LogP contribution in [-0.2, 0) is 10.0 Å². The molecule has 3 rings (SSSR count). The number of primary amides is 1. The number of hydrogen-bond acceptors (Lipinski definition) is 5. The van der Waals surface area contributed by atoms with Gasteiger partial charge in [0, 0.05) is 18.7 Å². The van der Waals surface area contributed by atoms with Crippen molar-refractivity contribution in [2.45, 2.75) is 17.7 Å². The Morgan fingerprint density at radius 2 is 1.74 bits per heavy atom. The molecule has 2 aromatic carbocycles. The van der Waals surface area contributed by atoms with Crippen molar-refractivity contribution in [1.29, 1.82) is 0 Å². The number of hydrogen-bond donors (Lipinski definition) is 1. The third kappa shape index (κ3) is 3.99. The molecule has 142 valence electrons. The van der Waals surface area contributed by atoms with Gasteiger partial charge in [0.25, 0.3) is 0 Å². The second-order valence-electron chi connectivity index (χ2n) is 6.04. The number of ether oxygens (including phenoxy) is 1. The molecule has 1 aliphatic heterocycles. The third-order valence-electron chi connectivity index (χ3n) is 4.18. The average molecular weight is 392 g/mol. The van der Waals surface area contributed by atoms with Gasteiger partial charge in [-0.1, -0.05) is 6.07 Å². The molecule has 0 saturated carbocycles. The molecule has 2 N–H and O–H groups in total. The number of carbonyl (C=O) groups is 2. The van der Waals surface area contributed by atoms with E-state index >= 15 is 0 Å². The van der Waals surface area contributed by atoms with Gasteiger partial charge in [0.1, 0.15) is 16.5 Å². The highest BCUT2D eigenvalue weighted by molar-refractivity contribution is 7.89. The number of carbonyl (C=O) groups excluding carboxylic acids is 2. The molecule has 27 heavy (non-hydrogen) atoms. The summed E-state index contributed by atoms with van der Waals surface area (Å²) in [6.45, 7) is 0.632. The van der Waals surface area contributed by atoms with Crippen LogP contribution < -0.4 is 10.5 Å². The van der Waals surface area contributed by atoms with Crippen LogP contribution in [0.15, 0.2) is 47.4 Å². The number of rotatable bonds is 5. The first-order valence-corrected chi connectivity index (χ1v) is 9.65. The van der Waals surface area contributed by atoms with E-state index < -0.39 is 32.6 Å². The van der Waals surface area contributed by atoms with Crippen molar-refractivity contribution in [3.05, 3.63) is 59.4 Å². The number of nitrogens with two attached hydrogens (primary N) is 1. The highest BCUT2D eigenvalue weighted by Crippen LogP contribution is 2.25. The average Bonchev–Trinajstić information content (AvgIpc) is 3.17. The van der Waals surface area contributed by atoms with Gasteiger partial charge in [-0.3, -0.25) is 4.79 Å². The summed E-state index contributed by atoms with van der Waals surface area (Å²) < 4.78 is 45.7. The summed E-state index contributed by atoms with van der Waals surface area (Å²) in [5.41, 5.74) is 5.20. The second kappa shape index (κ2) is 7.45. The molecule has 2 aromatic rings. The van der Waals surface area contributed by atoms with Crippen LogP contribution in [0.25, 0.3) is 0 Å². The van der Waals surface area contributed by atoms with E-state index in [1.165, 1.54) is 28.6 Å². The van der Waals surface area contributed by atoms with Crippen molar-refractivity contribution in [3.8, 4) is 5.75 Å². The van der Waals surface area contributed by atoms with E-state index in [4.69, 9.17) is 10.5 Å². The second-order valence-corrected chi connectivity index (χ2v) is 7.94. The fourth-order valence-electron chi connectivity index (χ4n) is 2.77. The normalized spacial score (nSPS) is 14.9. The first-order chi connectivity index (χ1) is 12.8. The monoisotopic (exact) mass is 392 g/mol. The minimum Gasteiger partial charge on any atom is -0.423 e. The lowest BCUT2D eigenvalue weighted by Crippen LogP contribution is -2.29. The molecular weight excluding hydrogens is 375 g/mol.